The van der Waals surface area contributed by atoms with Crippen LogP contribution in [-0.4, -0.2) is 6.21 Å². The van der Waals surface area contributed by atoms with Crippen LogP contribution in [0.25, 0.3) is 0 Å². The predicted octanol–water partition coefficient (Wildman–Crippen LogP) is 4.20. The lowest BCUT2D eigenvalue weighted by Crippen LogP contribution is -1.96. The van der Waals surface area contributed by atoms with Gasteiger partial charge in [0.15, 0.2) is 0 Å². The molecule has 0 atom stereocenters. The van der Waals surface area contributed by atoms with Crippen molar-refractivity contribution in [3.8, 4) is 0 Å². The average Bonchev–Trinajstić information content (AvgIpc) is 2.34. The fourth-order valence-electron chi connectivity index (χ4n) is 2.09. The second kappa shape index (κ2) is 5.65. The SMILES string of the molecule is Cc1cc(C)c(/C=N\Nc2ccc(F)cc2)c(C)c1. The van der Waals surface area contributed by atoms with Crippen molar-refractivity contribution >= 4 is 11.9 Å². The number of hydrogen-bond donors (Lipinski definition) is 1. The number of benzene rings is 2. The van der Waals surface area contributed by atoms with Crippen molar-refractivity contribution in [2.75, 3.05) is 5.43 Å². The molecule has 0 amide bonds. The maximum Gasteiger partial charge on any atom is 0.123 e. The molecule has 0 heterocycles. The molecular weight excluding hydrogens is 239 g/mol. The number of hydrazone groups is 1. The van der Waals surface area contributed by atoms with Crippen molar-refractivity contribution in [2.24, 2.45) is 5.10 Å². The number of rotatable bonds is 3. The molecule has 19 heavy (non-hydrogen) atoms. The summed E-state index contributed by atoms with van der Waals surface area (Å²) in [7, 11) is 0. The van der Waals surface area contributed by atoms with Crippen LogP contribution >= 0.6 is 0 Å². The summed E-state index contributed by atoms with van der Waals surface area (Å²) in [6.07, 6.45) is 1.80. The fourth-order valence-corrected chi connectivity index (χ4v) is 2.09. The first kappa shape index (κ1) is 13.3. The smallest absolute Gasteiger partial charge is 0.123 e. The Bertz CT molecular complexity index is 578. The van der Waals surface area contributed by atoms with Crippen LogP contribution in [0.4, 0.5) is 10.1 Å². The summed E-state index contributed by atoms with van der Waals surface area (Å²) in [5, 5.41) is 4.20. The van der Waals surface area contributed by atoms with E-state index in [1.165, 1.54) is 28.8 Å². The van der Waals surface area contributed by atoms with E-state index in [-0.39, 0.29) is 5.82 Å². The summed E-state index contributed by atoms with van der Waals surface area (Å²) in [4.78, 5) is 0. The van der Waals surface area contributed by atoms with Crippen molar-refractivity contribution < 1.29 is 4.39 Å². The molecule has 2 aromatic carbocycles. The molecule has 0 fully saturated rings. The maximum absolute atomic E-state index is 12.8. The van der Waals surface area contributed by atoms with Crippen LogP contribution < -0.4 is 5.43 Å². The van der Waals surface area contributed by atoms with E-state index < -0.39 is 0 Å². The van der Waals surface area contributed by atoms with Crippen molar-refractivity contribution in [3.05, 3.63) is 64.5 Å². The minimum absolute atomic E-state index is 0.250. The Kier molecular flexibility index (Phi) is 3.95. The monoisotopic (exact) mass is 256 g/mol. The second-order valence-corrected chi connectivity index (χ2v) is 4.69. The third-order valence-electron chi connectivity index (χ3n) is 2.97. The van der Waals surface area contributed by atoms with E-state index >= 15 is 0 Å². The van der Waals surface area contributed by atoms with E-state index in [0.29, 0.717) is 0 Å². The normalized spacial score (nSPS) is 10.9. The Morgan fingerprint density at radius 2 is 1.58 bits per heavy atom. The molecule has 3 heteroatoms. The van der Waals surface area contributed by atoms with Gasteiger partial charge in [0.25, 0.3) is 0 Å². The zero-order valence-electron chi connectivity index (χ0n) is 11.4. The third-order valence-corrected chi connectivity index (χ3v) is 2.97. The molecule has 0 aliphatic rings. The molecule has 0 aliphatic heterocycles. The van der Waals surface area contributed by atoms with Gasteiger partial charge in [-0.2, -0.15) is 5.10 Å². The molecule has 2 aromatic rings. The van der Waals surface area contributed by atoms with Crippen molar-refractivity contribution in [1.29, 1.82) is 0 Å². The van der Waals surface area contributed by atoms with Crippen molar-refractivity contribution in [2.45, 2.75) is 20.8 Å². The van der Waals surface area contributed by atoms with Gasteiger partial charge in [-0.3, -0.25) is 5.43 Å². The summed E-state index contributed by atoms with van der Waals surface area (Å²) in [5.74, 6) is -0.250. The van der Waals surface area contributed by atoms with Crippen molar-refractivity contribution in [1.82, 2.24) is 0 Å². The van der Waals surface area contributed by atoms with Crippen LogP contribution in [0.5, 0.6) is 0 Å². The third kappa shape index (κ3) is 3.41. The topological polar surface area (TPSA) is 24.4 Å². The first-order chi connectivity index (χ1) is 9.06. The molecule has 0 aromatic heterocycles. The average molecular weight is 256 g/mol. The van der Waals surface area contributed by atoms with Gasteiger partial charge in [0.05, 0.1) is 11.9 Å². The summed E-state index contributed by atoms with van der Waals surface area (Å²) in [5.41, 5.74) is 8.41. The number of hydrogen-bond acceptors (Lipinski definition) is 2. The molecule has 0 aliphatic carbocycles. The number of anilines is 1. The summed E-state index contributed by atoms with van der Waals surface area (Å²) in [6, 6.07) is 10.4. The van der Waals surface area contributed by atoms with Gasteiger partial charge in [0, 0.05) is 5.56 Å². The van der Waals surface area contributed by atoms with Gasteiger partial charge in [-0.15, -0.1) is 0 Å². The van der Waals surface area contributed by atoms with Gasteiger partial charge in [0.1, 0.15) is 5.82 Å². The van der Waals surface area contributed by atoms with Gasteiger partial charge in [0.2, 0.25) is 0 Å². The number of nitrogens with zero attached hydrogens (tertiary/aromatic N) is 1. The Morgan fingerprint density at radius 3 is 2.16 bits per heavy atom. The van der Waals surface area contributed by atoms with E-state index in [2.05, 4.69) is 43.4 Å². The molecule has 0 bridgehead atoms. The van der Waals surface area contributed by atoms with Crippen LogP contribution in [0.15, 0.2) is 41.5 Å². The highest BCUT2D eigenvalue weighted by Gasteiger charge is 2.00. The van der Waals surface area contributed by atoms with E-state index in [4.69, 9.17) is 0 Å². The molecule has 2 rings (SSSR count). The van der Waals surface area contributed by atoms with Gasteiger partial charge in [-0.05, 0) is 56.2 Å². The molecule has 0 saturated carbocycles. The Hall–Kier alpha value is -2.16. The quantitative estimate of drug-likeness (QED) is 0.646. The van der Waals surface area contributed by atoms with Gasteiger partial charge < -0.3 is 0 Å². The largest absolute Gasteiger partial charge is 0.279 e. The van der Waals surface area contributed by atoms with E-state index in [0.717, 1.165) is 11.3 Å². The zero-order valence-corrected chi connectivity index (χ0v) is 11.4. The van der Waals surface area contributed by atoms with Gasteiger partial charge in [-0.1, -0.05) is 17.7 Å². The maximum atomic E-state index is 12.8. The number of halogens is 1. The summed E-state index contributed by atoms with van der Waals surface area (Å²) in [6.45, 7) is 6.22. The molecule has 0 radical (unpaired) electrons. The fraction of sp³-hybridized carbons (Fsp3) is 0.188. The molecule has 1 N–H and O–H groups in total. The predicted molar refractivity (Wildman–Crippen MR) is 78.3 cm³/mol. The molecule has 98 valence electrons. The highest BCUT2D eigenvalue weighted by Crippen LogP contribution is 2.14. The number of aryl methyl sites for hydroxylation is 3. The highest BCUT2D eigenvalue weighted by molar-refractivity contribution is 5.84. The highest BCUT2D eigenvalue weighted by atomic mass is 19.1. The van der Waals surface area contributed by atoms with Crippen LogP contribution in [0.1, 0.15) is 22.3 Å². The van der Waals surface area contributed by atoms with Gasteiger partial charge >= 0.3 is 0 Å². The Morgan fingerprint density at radius 1 is 1.00 bits per heavy atom. The molecule has 0 spiro atoms. The lowest BCUT2D eigenvalue weighted by atomic mass is 10.0. The van der Waals surface area contributed by atoms with Crippen LogP contribution in [0.2, 0.25) is 0 Å². The molecule has 2 nitrogen and oxygen atoms in total. The minimum Gasteiger partial charge on any atom is -0.279 e. The first-order valence-corrected chi connectivity index (χ1v) is 6.19. The van der Waals surface area contributed by atoms with E-state index in [9.17, 15) is 4.39 Å². The molecule has 0 saturated heterocycles. The number of nitrogens with one attached hydrogen (secondary N) is 1. The minimum atomic E-state index is -0.250. The van der Waals surface area contributed by atoms with Crippen molar-refractivity contribution in [3.63, 3.8) is 0 Å². The van der Waals surface area contributed by atoms with E-state index in [1.54, 1.807) is 18.3 Å². The van der Waals surface area contributed by atoms with E-state index in [1.807, 2.05) is 0 Å². The summed E-state index contributed by atoms with van der Waals surface area (Å²) < 4.78 is 12.8. The molecular formula is C16H17FN2. The Balaban J connectivity index is 2.13. The van der Waals surface area contributed by atoms with Crippen LogP contribution in [-0.2, 0) is 0 Å². The lowest BCUT2D eigenvalue weighted by molar-refractivity contribution is 0.628. The standard InChI is InChI=1S/C16H17FN2/c1-11-8-12(2)16(13(3)9-11)10-18-19-15-6-4-14(17)5-7-15/h4-10,19H,1-3H3/b18-10-. The molecule has 0 unspecified atom stereocenters. The van der Waals surface area contributed by atoms with Crippen LogP contribution in [0, 0.1) is 26.6 Å². The summed E-state index contributed by atoms with van der Waals surface area (Å²) >= 11 is 0. The lowest BCUT2D eigenvalue weighted by Gasteiger charge is -2.06. The zero-order chi connectivity index (χ0) is 13.8. The van der Waals surface area contributed by atoms with Gasteiger partial charge in [-0.25, -0.2) is 4.39 Å². The van der Waals surface area contributed by atoms with Crippen LogP contribution in [0.3, 0.4) is 0 Å². The Labute approximate surface area is 113 Å². The second-order valence-electron chi connectivity index (χ2n) is 4.69. The first-order valence-electron chi connectivity index (χ1n) is 6.19.